The number of benzene rings is 1. The van der Waals surface area contributed by atoms with Gasteiger partial charge in [-0.05, 0) is 24.5 Å². The minimum absolute atomic E-state index is 0.136. The van der Waals surface area contributed by atoms with E-state index >= 15 is 0 Å². The molecule has 21 heavy (non-hydrogen) atoms. The predicted octanol–water partition coefficient (Wildman–Crippen LogP) is 2.18. The Hall–Kier alpha value is -1.10. The molecule has 4 nitrogen and oxygen atoms in total. The Morgan fingerprint density at radius 1 is 1.29 bits per heavy atom. The molecule has 116 valence electrons. The van der Waals surface area contributed by atoms with E-state index in [1.54, 1.807) is 7.11 Å². The molecule has 0 bridgehead atoms. The molecular formula is C17H26N2O2. The van der Waals surface area contributed by atoms with Crippen molar-refractivity contribution >= 4 is 5.69 Å². The van der Waals surface area contributed by atoms with Gasteiger partial charge in [-0.15, -0.1) is 0 Å². The number of ether oxygens (including phenoxy) is 2. The minimum Gasteiger partial charge on any atom is -0.378 e. The smallest absolute Gasteiger partial charge is 0.106 e. The average Bonchev–Trinajstić information content (AvgIpc) is 3.20. The van der Waals surface area contributed by atoms with Crippen LogP contribution in [0.4, 0.5) is 5.69 Å². The van der Waals surface area contributed by atoms with E-state index in [-0.39, 0.29) is 5.60 Å². The highest BCUT2D eigenvalue weighted by Crippen LogP contribution is 2.25. The van der Waals surface area contributed by atoms with Crippen molar-refractivity contribution in [2.24, 2.45) is 0 Å². The lowest BCUT2D eigenvalue weighted by molar-refractivity contribution is -0.0159. The number of hydrogen-bond acceptors (Lipinski definition) is 4. The average molecular weight is 290 g/mol. The van der Waals surface area contributed by atoms with Crippen LogP contribution in [0.2, 0.25) is 0 Å². The van der Waals surface area contributed by atoms with Crippen molar-refractivity contribution in [1.82, 2.24) is 5.32 Å². The first-order chi connectivity index (χ1) is 10.3. The van der Waals surface area contributed by atoms with Crippen molar-refractivity contribution in [3.05, 3.63) is 29.8 Å². The molecule has 2 saturated heterocycles. The van der Waals surface area contributed by atoms with Gasteiger partial charge in [0.1, 0.15) is 5.60 Å². The molecule has 0 saturated carbocycles. The van der Waals surface area contributed by atoms with Crippen LogP contribution >= 0.6 is 0 Å². The standard InChI is InChI=1S/C17H26N2O2/c1-20-17(8-11-21-14-17)13-18-12-15-6-2-3-7-16(15)19-9-4-5-10-19/h2-3,6-7,18H,4-5,8-14H2,1H3. The molecule has 1 unspecified atom stereocenters. The van der Waals surface area contributed by atoms with Gasteiger partial charge in [-0.25, -0.2) is 0 Å². The monoisotopic (exact) mass is 290 g/mol. The topological polar surface area (TPSA) is 33.7 Å². The van der Waals surface area contributed by atoms with Gasteiger partial charge in [0.2, 0.25) is 0 Å². The second kappa shape index (κ2) is 6.77. The lowest BCUT2D eigenvalue weighted by Crippen LogP contribution is -2.42. The van der Waals surface area contributed by atoms with Gasteiger partial charge in [-0.3, -0.25) is 0 Å². The highest BCUT2D eigenvalue weighted by molar-refractivity contribution is 5.54. The number of nitrogens with one attached hydrogen (secondary N) is 1. The summed E-state index contributed by atoms with van der Waals surface area (Å²) >= 11 is 0. The fourth-order valence-electron chi connectivity index (χ4n) is 3.31. The summed E-state index contributed by atoms with van der Waals surface area (Å²) in [4.78, 5) is 2.50. The number of hydrogen-bond donors (Lipinski definition) is 1. The van der Waals surface area contributed by atoms with Gasteiger partial charge < -0.3 is 19.7 Å². The van der Waals surface area contributed by atoms with Gasteiger partial charge in [0.15, 0.2) is 0 Å². The van der Waals surface area contributed by atoms with Gasteiger partial charge in [-0.2, -0.15) is 0 Å². The third-order valence-corrected chi connectivity index (χ3v) is 4.70. The molecule has 1 N–H and O–H groups in total. The predicted molar refractivity (Wildman–Crippen MR) is 84.8 cm³/mol. The van der Waals surface area contributed by atoms with Crippen molar-refractivity contribution < 1.29 is 9.47 Å². The van der Waals surface area contributed by atoms with E-state index in [9.17, 15) is 0 Å². The molecule has 2 aliphatic heterocycles. The Labute approximate surface area is 127 Å². The largest absolute Gasteiger partial charge is 0.378 e. The third-order valence-electron chi connectivity index (χ3n) is 4.70. The molecule has 4 heteroatoms. The lowest BCUT2D eigenvalue weighted by Gasteiger charge is -2.27. The van der Waals surface area contributed by atoms with Crippen molar-refractivity contribution in [2.75, 3.05) is 44.9 Å². The second-order valence-corrected chi connectivity index (χ2v) is 6.12. The van der Waals surface area contributed by atoms with Crippen LogP contribution in [0.3, 0.4) is 0 Å². The third kappa shape index (κ3) is 3.39. The van der Waals surface area contributed by atoms with Crippen molar-refractivity contribution in [3.63, 3.8) is 0 Å². The molecule has 1 atom stereocenters. The normalized spacial score (nSPS) is 25.7. The van der Waals surface area contributed by atoms with E-state index in [2.05, 4.69) is 34.5 Å². The summed E-state index contributed by atoms with van der Waals surface area (Å²) in [5.74, 6) is 0. The summed E-state index contributed by atoms with van der Waals surface area (Å²) in [6.45, 7) is 5.61. The van der Waals surface area contributed by atoms with Crippen molar-refractivity contribution in [3.8, 4) is 0 Å². The minimum atomic E-state index is -0.136. The Bertz CT molecular complexity index is 452. The Balaban J connectivity index is 1.60. The van der Waals surface area contributed by atoms with Crippen LogP contribution in [-0.4, -0.2) is 45.6 Å². The maximum atomic E-state index is 5.67. The van der Waals surface area contributed by atoms with Crippen LogP contribution in [0, 0.1) is 0 Å². The van der Waals surface area contributed by atoms with E-state index in [0.717, 1.165) is 26.1 Å². The SMILES string of the molecule is COC1(CNCc2ccccc2N2CCCC2)CCOC1. The summed E-state index contributed by atoms with van der Waals surface area (Å²) < 4.78 is 11.2. The van der Waals surface area contributed by atoms with Crippen LogP contribution in [0.15, 0.2) is 24.3 Å². The molecule has 0 spiro atoms. The molecule has 0 radical (unpaired) electrons. The van der Waals surface area contributed by atoms with Crippen LogP contribution in [0.5, 0.6) is 0 Å². The zero-order chi connectivity index (χ0) is 14.5. The fourth-order valence-corrected chi connectivity index (χ4v) is 3.31. The lowest BCUT2D eigenvalue weighted by atomic mass is 10.0. The van der Waals surface area contributed by atoms with E-state index in [0.29, 0.717) is 6.61 Å². The number of para-hydroxylation sites is 1. The molecule has 1 aromatic carbocycles. The summed E-state index contributed by atoms with van der Waals surface area (Å²) in [7, 11) is 1.79. The second-order valence-electron chi connectivity index (χ2n) is 6.12. The zero-order valence-electron chi connectivity index (χ0n) is 12.9. The molecule has 2 fully saturated rings. The maximum absolute atomic E-state index is 5.67. The van der Waals surface area contributed by atoms with Crippen molar-refractivity contribution in [2.45, 2.75) is 31.4 Å². The van der Waals surface area contributed by atoms with E-state index in [1.807, 2.05) is 0 Å². The van der Waals surface area contributed by atoms with Gasteiger partial charge in [0.05, 0.1) is 6.61 Å². The van der Waals surface area contributed by atoms with Crippen LogP contribution < -0.4 is 10.2 Å². The summed E-state index contributed by atoms with van der Waals surface area (Å²) in [6.07, 6.45) is 3.60. The molecule has 2 aliphatic rings. The highest BCUT2D eigenvalue weighted by Gasteiger charge is 2.34. The Morgan fingerprint density at radius 2 is 2.10 bits per heavy atom. The molecular weight excluding hydrogens is 264 g/mol. The molecule has 0 aromatic heterocycles. The molecule has 3 rings (SSSR count). The molecule has 0 amide bonds. The quantitative estimate of drug-likeness (QED) is 0.871. The summed E-state index contributed by atoms with van der Waals surface area (Å²) in [5.41, 5.74) is 2.63. The first kappa shape index (κ1) is 14.8. The fraction of sp³-hybridized carbons (Fsp3) is 0.647. The van der Waals surface area contributed by atoms with Crippen molar-refractivity contribution in [1.29, 1.82) is 0 Å². The maximum Gasteiger partial charge on any atom is 0.106 e. The molecule has 1 aromatic rings. The summed E-state index contributed by atoms with van der Waals surface area (Å²) in [6, 6.07) is 8.73. The number of anilines is 1. The van der Waals surface area contributed by atoms with Gasteiger partial charge in [0, 0.05) is 52.0 Å². The first-order valence-electron chi connectivity index (χ1n) is 7.99. The number of rotatable bonds is 6. The Kier molecular flexibility index (Phi) is 4.78. The van der Waals surface area contributed by atoms with Crippen LogP contribution in [0.25, 0.3) is 0 Å². The first-order valence-corrected chi connectivity index (χ1v) is 7.99. The van der Waals surface area contributed by atoms with Gasteiger partial charge in [-0.1, -0.05) is 18.2 Å². The van der Waals surface area contributed by atoms with Crippen LogP contribution in [0.1, 0.15) is 24.8 Å². The Morgan fingerprint density at radius 3 is 2.81 bits per heavy atom. The highest BCUT2D eigenvalue weighted by atomic mass is 16.5. The van der Waals surface area contributed by atoms with E-state index < -0.39 is 0 Å². The van der Waals surface area contributed by atoms with Gasteiger partial charge in [0.25, 0.3) is 0 Å². The molecule has 0 aliphatic carbocycles. The van der Waals surface area contributed by atoms with Crippen LogP contribution in [-0.2, 0) is 16.0 Å². The zero-order valence-corrected chi connectivity index (χ0v) is 12.9. The number of nitrogens with zero attached hydrogens (tertiary/aromatic N) is 1. The summed E-state index contributed by atoms with van der Waals surface area (Å²) in [5, 5.41) is 3.57. The molecule has 2 heterocycles. The van der Waals surface area contributed by atoms with E-state index in [4.69, 9.17) is 9.47 Å². The number of methoxy groups -OCH3 is 1. The van der Waals surface area contributed by atoms with E-state index in [1.165, 1.54) is 37.2 Å². The van der Waals surface area contributed by atoms with Gasteiger partial charge >= 0.3 is 0 Å².